The average molecular weight is 309 g/mol. The van der Waals surface area contributed by atoms with Gasteiger partial charge in [-0.1, -0.05) is 19.3 Å². The summed E-state index contributed by atoms with van der Waals surface area (Å²) in [6, 6.07) is 10.3. The minimum atomic E-state index is -0.0645. The Morgan fingerprint density at radius 3 is 2.61 bits per heavy atom. The van der Waals surface area contributed by atoms with E-state index >= 15 is 0 Å². The molecule has 3 rings (SSSR count). The number of aromatic nitrogens is 1. The van der Waals surface area contributed by atoms with Gasteiger partial charge >= 0.3 is 0 Å². The van der Waals surface area contributed by atoms with E-state index in [2.05, 4.69) is 33.3 Å². The lowest BCUT2D eigenvalue weighted by Crippen LogP contribution is -2.10. The van der Waals surface area contributed by atoms with Crippen molar-refractivity contribution in [1.82, 2.24) is 4.57 Å². The van der Waals surface area contributed by atoms with E-state index in [1.54, 1.807) is 0 Å². The van der Waals surface area contributed by atoms with E-state index in [4.69, 9.17) is 0 Å². The van der Waals surface area contributed by atoms with E-state index in [0.29, 0.717) is 6.04 Å². The number of aliphatic imine (C=N–C) groups is 1. The number of benzene rings is 1. The fourth-order valence-corrected chi connectivity index (χ4v) is 3.10. The van der Waals surface area contributed by atoms with Crippen LogP contribution < -0.4 is 5.32 Å². The van der Waals surface area contributed by atoms with Crippen LogP contribution in [0.2, 0.25) is 0 Å². The third-order valence-electron chi connectivity index (χ3n) is 4.28. The first-order chi connectivity index (χ1) is 11.2. The molecule has 0 aliphatic heterocycles. The zero-order valence-electron chi connectivity index (χ0n) is 13.5. The molecular weight excluding hydrogens is 286 g/mol. The van der Waals surface area contributed by atoms with Gasteiger partial charge < -0.3 is 9.88 Å². The first kappa shape index (κ1) is 15.5. The maximum Gasteiger partial charge on any atom is 0.221 e. The number of anilines is 1. The molecule has 4 heteroatoms. The molecule has 0 atom stereocenters. The number of hydrogen-bond donors (Lipinski definition) is 1. The highest BCUT2D eigenvalue weighted by atomic mass is 16.1. The molecule has 1 aromatic carbocycles. The Kier molecular flexibility index (Phi) is 4.91. The number of rotatable bonds is 4. The smallest absolute Gasteiger partial charge is 0.221 e. The van der Waals surface area contributed by atoms with Gasteiger partial charge in [0.05, 0.1) is 5.69 Å². The first-order valence-corrected chi connectivity index (χ1v) is 8.30. The molecule has 1 heterocycles. The number of amides is 1. The zero-order chi connectivity index (χ0) is 16.1. The van der Waals surface area contributed by atoms with Crippen molar-refractivity contribution in [2.75, 3.05) is 5.32 Å². The second-order valence-corrected chi connectivity index (χ2v) is 6.17. The normalized spacial score (nSPS) is 15.9. The molecule has 0 radical (unpaired) electrons. The van der Waals surface area contributed by atoms with Gasteiger partial charge in [0, 0.05) is 42.8 Å². The summed E-state index contributed by atoms with van der Waals surface area (Å²) in [5.74, 6) is -0.0645. The van der Waals surface area contributed by atoms with Crippen molar-refractivity contribution in [2.45, 2.75) is 45.1 Å². The second-order valence-electron chi connectivity index (χ2n) is 6.17. The van der Waals surface area contributed by atoms with Gasteiger partial charge in [-0.25, -0.2) is 0 Å². The monoisotopic (exact) mass is 309 g/mol. The molecule has 1 N–H and O–H groups in total. The number of nitrogens with one attached hydrogen (secondary N) is 1. The van der Waals surface area contributed by atoms with Crippen LogP contribution in [0.1, 0.15) is 50.6 Å². The first-order valence-electron chi connectivity index (χ1n) is 8.30. The van der Waals surface area contributed by atoms with Crippen LogP contribution in [0, 0.1) is 0 Å². The van der Waals surface area contributed by atoms with Crippen LogP contribution in [0.4, 0.5) is 11.4 Å². The van der Waals surface area contributed by atoms with Gasteiger partial charge in [0.25, 0.3) is 0 Å². The fraction of sp³-hybridized carbons (Fsp3) is 0.368. The summed E-state index contributed by atoms with van der Waals surface area (Å²) in [6.45, 7) is 1.50. The van der Waals surface area contributed by atoms with E-state index in [1.807, 2.05) is 30.5 Å². The highest BCUT2D eigenvalue weighted by molar-refractivity contribution is 5.89. The molecule has 1 amide bonds. The Balaban J connectivity index is 1.63. The summed E-state index contributed by atoms with van der Waals surface area (Å²) in [6.07, 6.45) is 12.9. The third kappa shape index (κ3) is 4.31. The van der Waals surface area contributed by atoms with Crippen molar-refractivity contribution in [3.8, 4) is 0 Å². The van der Waals surface area contributed by atoms with E-state index in [1.165, 1.54) is 39.0 Å². The summed E-state index contributed by atoms with van der Waals surface area (Å²) in [5, 5.41) is 2.75. The molecule has 1 fully saturated rings. The number of nitrogens with zero attached hydrogens (tertiary/aromatic N) is 2. The molecule has 0 unspecified atom stereocenters. The van der Waals surface area contributed by atoms with Gasteiger partial charge in [-0.05, 0) is 43.2 Å². The molecule has 1 saturated carbocycles. The Morgan fingerprint density at radius 1 is 1.17 bits per heavy atom. The highest BCUT2D eigenvalue weighted by Gasteiger charge is 2.14. The van der Waals surface area contributed by atoms with Crippen molar-refractivity contribution in [3.05, 3.63) is 48.3 Å². The Bertz CT molecular complexity index is 679. The van der Waals surface area contributed by atoms with E-state index in [0.717, 1.165) is 16.9 Å². The number of carbonyl (C=O) groups is 1. The molecule has 4 nitrogen and oxygen atoms in total. The van der Waals surface area contributed by atoms with Crippen LogP contribution in [0.3, 0.4) is 0 Å². The highest BCUT2D eigenvalue weighted by Crippen LogP contribution is 2.28. The topological polar surface area (TPSA) is 46.4 Å². The molecular formula is C19H23N3O. The summed E-state index contributed by atoms with van der Waals surface area (Å²) >= 11 is 0. The second kappa shape index (κ2) is 7.27. The molecule has 1 aromatic heterocycles. The summed E-state index contributed by atoms with van der Waals surface area (Å²) in [5.41, 5.74) is 2.80. The fourth-order valence-electron chi connectivity index (χ4n) is 3.10. The van der Waals surface area contributed by atoms with Gasteiger partial charge in [0.15, 0.2) is 0 Å². The van der Waals surface area contributed by atoms with Crippen LogP contribution in [-0.4, -0.2) is 16.7 Å². The van der Waals surface area contributed by atoms with Gasteiger partial charge in [-0.2, -0.15) is 0 Å². The molecule has 2 aromatic rings. The van der Waals surface area contributed by atoms with Crippen molar-refractivity contribution in [2.24, 2.45) is 4.99 Å². The van der Waals surface area contributed by atoms with Crippen molar-refractivity contribution in [3.63, 3.8) is 0 Å². The molecule has 1 aliphatic rings. The van der Waals surface area contributed by atoms with Gasteiger partial charge in [-0.3, -0.25) is 9.79 Å². The van der Waals surface area contributed by atoms with Gasteiger partial charge in [0.2, 0.25) is 5.91 Å². The van der Waals surface area contributed by atoms with Crippen LogP contribution in [0.5, 0.6) is 0 Å². The van der Waals surface area contributed by atoms with Gasteiger partial charge in [-0.15, -0.1) is 0 Å². The average Bonchev–Trinajstić information content (AvgIpc) is 3.04. The Hall–Kier alpha value is -2.36. The Morgan fingerprint density at radius 2 is 1.91 bits per heavy atom. The molecule has 1 aliphatic carbocycles. The standard InChI is InChI=1S/C19H23N3O/c1-15(23)21-18-9-7-17(8-10-18)20-13-16-11-12-22(14-16)19-5-3-2-4-6-19/h7-14,19H,2-6H2,1H3,(H,21,23). The maximum absolute atomic E-state index is 11.0. The number of hydrogen-bond acceptors (Lipinski definition) is 2. The van der Waals surface area contributed by atoms with E-state index < -0.39 is 0 Å². The molecule has 0 saturated heterocycles. The lowest BCUT2D eigenvalue weighted by Gasteiger charge is -2.23. The number of carbonyl (C=O) groups excluding carboxylic acids is 1. The maximum atomic E-state index is 11.0. The van der Waals surface area contributed by atoms with Crippen LogP contribution in [0.25, 0.3) is 0 Å². The third-order valence-corrected chi connectivity index (χ3v) is 4.28. The lowest BCUT2D eigenvalue weighted by atomic mass is 9.95. The molecule has 23 heavy (non-hydrogen) atoms. The predicted octanol–water partition coefficient (Wildman–Crippen LogP) is 4.70. The van der Waals surface area contributed by atoms with Crippen LogP contribution in [0.15, 0.2) is 47.7 Å². The zero-order valence-corrected chi connectivity index (χ0v) is 13.5. The SMILES string of the molecule is CC(=O)Nc1ccc(N=Cc2ccn(C3CCCCC3)c2)cc1. The van der Waals surface area contributed by atoms with E-state index in [-0.39, 0.29) is 5.91 Å². The van der Waals surface area contributed by atoms with Crippen molar-refractivity contribution < 1.29 is 4.79 Å². The largest absolute Gasteiger partial charge is 0.351 e. The van der Waals surface area contributed by atoms with Crippen LogP contribution >= 0.6 is 0 Å². The van der Waals surface area contributed by atoms with Crippen molar-refractivity contribution in [1.29, 1.82) is 0 Å². The quantitative estimate of drug-likeness (QED) is 0.817. The minimum Gasteiger partial charge on any atom is -0.351 e. The summed E-state index contributed by atoms with van der Waals surface area (Å²) in [4.78, 5) is 15.5. The summed E-state index contributed by atoms with van der Waals surface area (Å²) in [7, 11) is 0. The molecule has 0 bridgehead atoms. The Labute approximate surface area is 137 Å². The van der Waals surface area contributed by atoms with E-state index in [9.17, 15) is 4.79 Å². The lowest BCUT2D eigenvalue weighted by molar-refractivity contribution is -0.114. The minimum absolute atomic E-state index is 0.0645. The van der Waals surface area contributed by atoms with Gasteiger partial charge in [0.1, 0.15) is 0 Å². The molecule has 0 spiro atoms. The van der Waals surface area contributed by atoms with Crippen LogP contribution in [-0.2, 0) is 4.79 Å². The molecule has 120 valence electrons. The summed E-state index contributed by atoms with van der Waals surface area (Å²) < 4.78 is 2.33. The predicted molar refractivity (Wildman–Crippen MR) is 94.6 cm³/mol. The van der Waals surface area contributed by atoms with Crippen molar-refractivity contribution >= 4 is 23.5 Å².